The number of hydrogen-bond donors (Lipinski definition) is 1. The van der Waals surface area contributed by atoms with Gasteiger partial charge in [0.2, 0.25) is 0 Å². The van der Waals surface area contributed by atoms with Gasteiger partial charge in [-0.1, -0.05) is 32.0 Å². The van der Waals surface area contributed by atoms with Crippen LogP contribution in [0.4, 0.5) is 4.79 Å². The van der Waals surface area contributed by atoms with Crippen molar-refractivity contribution < 1.29 is 19.1 Å². The number of likely N-dealkylation sites (N-methyl/N-ethyl adjacent to an activating group) is 2. The highest BCUT2D eigenvalue weighted by molar-refractivity contribution is 5.95. The summed E-state index contributed by atoms with van der Waals surface area (Å²) in [5.41, 5.74) is 1.81. The molecular formula is C20H29N3O4. The molecule has 2 rings (SSSR count). The number of para-hydroxylation sites is 1. The maximum absolute atomic E-state index is 12.9. The average molecular weight is 375 g/mol. The molecule has 1 aromatic rings. The van der Waals surface area contributed by atoms with Crippen LogP contribution >= 0.6 is 0 Å². The van der Waals surface area contributed by atoms with Gasteiger partial charge in [0, 0.05) is 24.9 Å². The van der Waals surface area contributed by atoms with Crippen LogP contribution in [0.1, 0.15) is 32.4 Å². The lowest BCUT2D eigenvalue weighted by atomic mass is 9.93. The summed E-state index contributed by atoms with van der Waals surface area (Å²) in [6, 6.07) is 6.48. The van der Waals surface area contributed by atoms with Crippen LogP contribution in [0.15, 0.2) is 35.5 Å². The Labute approximate surface area is 160 Å². The van der Waals surface area contributed by atoms with Crippen molar-refractivity contribution in [1.82, 2.24) is 15.1 Å². The number of rotatable bonds is 8. The van der Waals surface area contributed by atoms with Crippen molar-refractivity contribution in [2.24, 2.45) is 0 Å². The molecule has 1 N–H and O–H groups in total. The molecule has 27 heavy (non-hydrogen) atoms. The second kappa shape index (κ2) is 9.41. The highest BCUT2D eigenvalue weighted by atomic mass is 16.5. The Kier molecular flexibility index (Phi) is 7.24. The molecule has 2 amide bonds. The van der Waals surface area contributed by atoms with Crippen molar-refractivity contribution in [3.05, 3.63) is 41.1 Å². The van der Waals surface area contributed by atoms with Crippen molar-refractivity contribution in [3.63, 3.8) is 0 Å². The number of hydrogen-bond acceptors (Lipinski definition) is 5. The minimum atomic E-state index is -0.630. The summed E-state index contributed by atoms with van der Waals surface area (Å²) in [5, 5.41) is 2.92. The van der Waals surface area contributed by atoms with Crippen molar-refractivity contribution in [2.45, 2.75) is 26.8 Å². The van der Waals surface area contributed by atoms with Gasteiger partial charge in [-0.3, -0.25) is 9.80 Å². The number of amides is 2. The molecule has 1 aromatic carbocycles. The zero-order valence-electron chi connectivity index (χ0n) is 16.7. The van der Waals surface area contributed by atoms with Crippen LogP contribution in [0.25, 0.3) is 0 Å². The number of esters is 1. The smallest absolute Gasteiger partial charge is 0.338 e. The van der Waals surface area contributed by atoms with Crippen LogP contribution in [0.3, 0.4) is 0 Å². The fourth-order valence-electron chi connectivity index (χ4n) is 3.20. The molecule has 0 fully saturated rings. The molecule has 1 atom stereocenters. The highest BCUT2D eigenvalue weighted by Gasteiger charge is 2.38. The Hall–Kier alpha value is -2.54. The predicted molar refractivity (Wildman–Crippen MR) is 103 cm³/mol. The second-order valence-electron chi connectivity index (χ2n) is 6.23. The Bertz CT molecular complexity index is 713. The Balaban J connectivity index is 2.63. The van der Waals surface area contributed by atoms with Gasteiger partial charge in [-0.05, 0) is 26.1 Å². The lowest BCUT2D eigenvalue weighted by Crippen LogP contribution is -2.49. The van der Waals surface area contributed by atoms with Crippen molar-refractivity contribution >= 4 is 12.0 Å². The van der Waals surface area contributed by atoms with Crippen LogP contribution in [0, 0.1) is 0 Å². The summed E-state index contributed by atoms with van der Waals surface area (Å²) in [4.78, 5) is 29.2. The standard InChI is InChI=1S/C20H29N3O4/c1-6-23(7-2)13-15-17(19(24)27-8-3)18(21-20(25)22(15)4)14-11-9-10-12-16(14)26-5/h9-12,18H,6-8,13H2,1-5H3,(H,21,25). The number of carbonyl (C=O) groups is 2. The number of carbonyl (C=O) groups excluding carboxylic acids is 2. The van der Waals surface area contributed by atoms with Gasteiger partial charge in [-0.15, -0.1) is 0 Å². The fraction of sp³-hybridized carbons (Fsp3) is 0.500. The van der Waals surface area contributed by atoms with Gasteiger partial charge < -0.3 is 14.8 Å². The molecular weight excluding hydrogens is 346 g/mol. The molecule has 0 spiro atoms. The van der Waals surface area contributed by atoms with E-state index in [0.29, 0.717) is 23.6 Å². The molecule has 148 valence electrons. The number of urea groups is 1. The van der Waals surface area contributed by atoms with E-state index < -0.39 is 12.0 Å². The van der Waals surface area contributed by atoms with Gasteiger partial charge in [-0.25, -0.2) is 9.59 Å². The summed E-state index contributed by atoms with van der Waals surface area (Å²) in [7, 11) is 3.24. The number of benzene rings is 1. The minimum absolute atomic E-state index is 0.261. The molecule has 1 heterocycles. The molecule has 7 heteroatoms. The van der Waals surface area contributed by atoms with Crippen LogP contribution in [-0.4, -0.2) is 62.2 Å². The number of nitrogens with zero attached hydrogens (tertiary/aromatic N) is 2. The predicted octanol–water partition coefficient (Wildman–Crippen LogP) is 2.55. The van der Waals surface area contributed by atoms with Gasteiger partial charge in [-0.2, -0.15) is 0 Å². The lowest BCUT2D eigenvalue weighted by molar-refractivity contribution is -0.139. The van der Waals surface area contributed by atoms with Gasteiger partial charge in [0.25, 0.3) is 0 Å². The van der Waals surface area contributed by atoms with Crippen molar-refractivity contribution in [3.8, 4) is 5.75 Å². The van der Waals surface area contributed by atoms with Crippen LogP contribution < -0.4 is 10.1 Å². The van der Waals surface area contributed by atoms with Gasteiger partial charge in [0.05, 0.1) is 25.3 Å². The Morgan fingerprint density at radius 2 is 1.89 bits per heavy atom. The molecule has 0 saturated carbocycles. The lowest BCUT2D eigenvalue weighted by Gasteiger charge is -2.36. The Morgan fingerprint density at radius 3 is 2.48 bits per heavy atom. The van der Waals surface area contributed by atoms with Crippen molar-refractivity contribution in [1.29, 1.82) is 0 Å². The van der Waals surface area contributed by atoms with E-state index in [1.807, 2.05) is 24.3 Å². The average Bonchev–Trinajstić information content (AvgIpc) is 2.68. The number of ether oxygens (including phenoxy) is 2. The summed E-state index contributed by atoms with van der Waals surface area (Å²) in [5.74, 6) is 0.179. The largest absolute Gasteiger partial charge is 0.496 e. The summed E-state index contributed by atoms with van der Waals surface area (Å²) in [6.45, 7) is 8.23. The van der Waals surface area contributed by atoms with Gasteiger partial charge in [0.15, 0.2) is 0 Å². The van der Waals surface area contributed by atoms with E-state index in [1.165, 1.54) is 4.90 Å². The van der Waals surface area contributed by atoms with E-state index in [4.69, 9.17) is 9.47 Å². The van der Waals surface area contributed by atoms with Crippen LogP contribution in [0.2, 0.25) is 0 Å². The zero-order chi connectivity index (χ0) is 20.0. The molecule has 0 radical (unpaired) electrons. The third-order valence-corrected chi connectivity index (χ3v) is 4.79. The molecule has 1 aliphatic rings. The third kappa shape index (κ3) is 4.42. The first kappa shape index (κ1) is 20.8. The number of nitrogens with one attached hydrogen (secondary N) is 1. The first-order valence-electron chi connectivity index (χ1n) is 9.27. The summed E-state index contributed by atoms with van der Waals surface area (Å²) < 4.78 is 10.8. The molecule has 1 unspecified atom stereocenters. The molecule has 0 aromatic heterocycles. The van der Waals surface area contributed by atoms with E-state index in [9.17, 15) is 9.59 Å². The minimum Gasteiger partial charge on any atom is -0.496 e. The molecule has 0 bridgehead atoms. The summed E-state index contributed by atoms with van der Waals surface area (Å²) >= 11 is 0. The first-order chi connectivity index (χ1) is 13.0. The quantitative estimate of drug-likeness (QED) is 0.707. The third-order valence-electron chi connectivity index (χ3n) is 4.79. The fourth-order valence-corrected chi connectivity index (χ4v) is 3.20. The normalized spacial score (nSPS) is 17.2. The maximum atomic E-state index is 12.9. The van der Waals surface area contributed by atoms with Gasteiger partial charge >= 0.3 is 12.0 Å². The highest BCUT2D eigenvalue weighted by Crippen LogP contribution is 2.35. The molecule has 7 nitrogen and oxygen atoms in total. The van der Waals surface area contributed by atoms with E-state index in [0.717, 1.165) is 18.7 Å². The Morgan fingerprint density at radius 1 is 1.22 bits per heavy atom. The van der Waals surface area contributed by atoms with E-state index in [2.05, 4.69) is 24.1 Å². The zero-order valence-corrected chi connectivity index (χ0v) is 16.7. The summed E-state index contributed by atoms with van der Waals surface area (Å²) in [6.07, 6.45) is 0. The first-order valence-corrected chi connectivity index (χ1v) is 9.27. The molecule has 0 saturated heterocycles. The van der Waals surface area contributed by atoms with E-state index >= 15 is 0 Å². The number of methoxy groups -OCH3 is 1. The SMILES string of the molecule is CCOC(=O)C1=C(CN(CC)CC)N(C)C(=O)NC1c1ccccc1OC. The van der Waals surface area contributed by atoms with E-state index in [-0.39, 0.29) is 12.6 Å². The molecule has 0 aliphatic carbocycles. The van der Waals surface area contributed by atoms with Crippen LogP contribution in [0.5, 0.6) is 5.75 Å². The van der Waals surface area contributed by atoms with Crippen molar-refractivity contribution in [2.75, 3.05) is 40.4 Å². The monoisotopic (exact) mass is 375 g/mol. The second-order valence-corrected chi connectivity index (χ2v) is 6.23. The van der Waals surface area contributed by atoms with Gasteiger partial charge in [0.1, 0.15) is 5.75 Å². The maximum Gasteiger partial charge on any atom is 0.338 e. The van der Waals surface area contributed by atoms with Crippen LogP contribution in [-0.2, 0) is 9.53 Å². The topological polar surface area (TPSA) is 71.1 Å². The molecule has 1 aliphatic heterocycles. The van der Waals surface area contributed by atoms with E-state index in [1.54, 1.807) is 21.1 Å².